The predicted octanol–water partition coefficient (Wildman–Crippen LogP) is 2.24. The third-order valence-electron chi connectivity index (χ3n) is 2.07. The summed E-state index contributed by atoms with van der Waals surface area (Å²) in [5.41, 5.74) is 1.48. The maximum atomic E-state index is 11.3. The van der Waals surface area contributed by atoms with Crippen LogP contribution in [0.2, 0.25) is 0 Å². The molecule has 0 radical (unpaired) electrons. The number of aromatic nitrogens is 2. The van der Waals surface area contributed by atoms with Gasteiger partial charge in [0.2, 0.25) is 0 Å². The van der Waals surface area contributed by atoms with Crippen molar-refractivity contribution in [3.8, 4) is 5.69 Å². The number of allylic oxidation sites excluding steroid dienone is 1. The van der Waals surface area contributed by atoms with Gasteiger partial charge in [-0.3, -0.25) is 4.79 Å². The number of nitrogens with zero attached hydrogens (tertiary/aromatic N) is 2. The van der Waals surface area contributed by atoms with E-state index in [-0.39, 0.29) is 5.78 Å². The van der Waals surface area contributed by atoms with Crippen LogP contribution in [-0.2, 0) is 0 Å². The molecule has 0 spiro atoms. The lowest BCUT2D eigenvalue weighted by Gasteiger charge is -1.98. The van der Waals surface area contributed by atoms with Gasteiger partial charge in [0, 0.05) is 6.20 Å². The van der Waals surface area contributed by atoms with Gasteiger partial charge in [0.1, 0.15) is 0 Å². The average Bonchev–Trinajstić information content (AvgIpc) is 2.78. The second-order valence-corrected chi connectivity index (χ2v) is 3.08. The SMILES string of the molecule is C=CC(=O)c1cnn(-c2ccccc2)c1. The largest absolute Gasteiger partial charge is 0.289 e. The minimum Gasteiger partial charge on any atom is -0.289 e. The number of hydrogen-bond donors (Lipinski definition) is 0. The lowest BCUT2D eigenvalue weighted by atomic mass is 10.2. The fourth-order valence-corrected chi connectivity index (χ4v) is 1.29. The van der Waals surface area contributed by atoms with E-state index in [9.17, 15) is 4.79 Å². The second-order valence-electron chi connectivity index (χ2n) is 3.08. The molecule has 0 saturated heterocycles. The molecule has 0 saturated carbocycles. The third kappa shape index (κ3) is 1.86. The monoisotopic (exact) mass is 198 g/mol. The van der Waals surface area contributed by atoms with E-state index in [1.165, 1.54) is 12.3 Å². The Morgan fingerprint density at radius 1 is 1.33 bits per heavy atom. The van der Waals surface area contributed by atoms with Crippen molar-refractivity contribution < 1.29 is 4.79 Å². The van der Waals surface area contributed by atoms with Crippen LogP contribution in [0.15, 0.2) is 55.4 Å². The Hall–Kier alpha value is -2.16. The van der Waals surface area contributed by atoms with Crippen LogP contribution in [0.25, 0.3) is 5.69 Å². The van der Waals surface area contributed by atoms with Gasteiger partial charge < -0.3 is 0 Å². The number of benzene rings is 1. The van der Waals surface area contributed by atoms with Crippen LogP contribution in [-0.4, -0.2) is 15.6 Å². The molecule has 1 aromatic carbocycles. The van der Waals surface area contributed by atoms with Gasteiger partial charge in [-0.15, -0.1) is 0 Å². The van der Waals surface area contributed by atoms with Crippen LogP contribution in [0.5, 0.6) is 0 Å². The molecule has 15 heavy (non-hydrogen) atoms. The molecule has 3 nitrogen and oxygen atoms in total. The molecular formula is C12H10N2O. The zero-order chi connectivity index (χ0) is 10.7. The van der Waals surface area contributed by atoms with E-state index in [0.717, 1.165) is 5.69 Å². The number of carbonyl (C=O) groups is 1. The van der Waals surface area contributed by atoms with Crippen LogP contribution < -0.4 is 0 Å². The Kier molecular flexibility index (Phi) is 2.46. The van der Waals surface area contributed by atoms with Crippen LogP contribution in [0.3, 0.4) is 0 Å². The summed E-state index contributed by atoms with van der Waals surface area (Å²) in [5, 5.41) is 4.10. The minimum absolute atomic E-state index is 0.114. The Labute approximate surface area is 87.7 Å². The summed E-state index contributed by atoms with van der Waals surface area (Å²) in [7, 11) is 0. The first-order valence-electron chi connectivity index (χ1n) is 4.58. The Morgan fingerprint density at radius 2 is 2.07 bits per heavy atom. The molecule has 0 N–H and O–H groups in total. The van der Waals surface area contributed by atoms with E-state index in [1.54, 1.807) is 10.9 Å². The number of hydrogen-bond acceptors (Lipinski definition) is 2. The molecular weight excluding hydrogens is 188 g/mol. The molecule has 0 amide bonds. The number of carbonyl (C=O) groups excluding carboxylic acids is 1. The molecule has 74 valence electrons. The van der Waals surface area contributed by atoms with Crippen LogP contribution in [0.4, 0.5) is 0 Å². The normalized spacial score (nSPS) is 9.87. The molecule has 0 atom stereocenters. The highest BCUT2D eigenvalue weighted by molar-refractivity contribution is 6.03. The number of rotatable bonds is 3. The molecule has 2 aromatic rings. The van der Waals surface area contributed by atoms with E-state index in [1.807, 2.05) is 30.3 Å². The quantitative estimate of drug-likeness (QED) is 0.560. The standard InChI is InChI=1S/C12H10N2O/c1-2-12(15)10-8-13-14(9-10)11-6-4-3-5-7-11/h2-9H,1H2. The fourth-order valence-electron chi connectivity index (χ4n) is 1.29. The van der Waals surface area contributed by atoms with Crippen molar-refractivity contribution in [2.45, 2.75) is 0 Å². The number of para-hydroxylation sites is 1. The maximum Gasteiger partial charge on any atom is 0.188 e. The first-order chi connectivity index (χ1) is 7.31. The summed E-state index contributed by atoms with van der Waals surface area (Å²) in [4.78, 5) is 11.3. The molecule has 0 unspecified atom stereocenters. The van der Waals surface area contributed by atoms with E-state index < -0.39 is 0 Å². The molecule has 0 aliphatic rings. The molecule has 1 heterocycles. The van der Waals surface area contributed by atoms with Crippen LogP contribution in [0, 0.1) is 0 Å². The molecule has 3 heteroatoms. The maximum absolute atomic E-state index is 11.3. The van der Waals surface area contributed by atoms with Gasteiger partial charge in [0.25, 0.3) is 0 Å². The second kappa shape index (κ2) is 3.92. The Balaban J connectivity index is 2.36. The highest BCUT2D eigenvalue weighted by atomic mass is 16.1. The van der Waals surface area contributed by atoms with Gasteiger partial charge in [-0.05, 0) is 18.2 Å². The van der Waals surface area contributed by atoms with Gasteiger partial charge in [0.15, 0.2) is 5.78 Å². The van der Waals surface area contributed by atoms with Crippen molar-refractivity contribution in [2.75, 3.05) is 0 Å². The minimum atomic E-state index is -0.114. The summed E-state index contributed by atoms with van der Waals surface area (Å²) >= 11 is 0. The highest BCUT2D eigenvalue weighted by Gasteiger charge is 2.04. The first-order valence-corrected chi connectivity index (χ1v) is 4.58. The zero-order valence-corrected chi connectivity index (χ0v) is 8.13. The smallest absolute Gasteiger partial charge is 0.188 e. The van der Waals surface area contributed by atoms with Crippen molar-refractivity contribution in [3.63, 3.8) is 0 Å². The first kappa shape index (κ1) is 9.40. The van der Waals surface area contributed by atoms with Gasteiger partial charge in [0.05, 0.1) is 17.4 Å². The molecule has 0 aliphatic heterocycles. The summed E-state index contributed by atoms with van der Waals surface area (Å²) in [6.07, 6.45) is 4.52. The van der Waals surface area contributed by atoms with Crippen molar-refractivity contribution in [1.29, 1.82) is 0 Å². The molecule has 0 fully saturated rings. The zero-order valence-electron chi connectivity index (χ0n) is 8.13. The average molecular weight is 198 g/mol. The van der Waals surface area contributed by atoms with E-state index in [2.05, 4.69) is 11.7 Å². The summed E-state index contributed by atoms with van der Waals surface area (Å²) in [5.74, 6) is -0.114. The van der Waals surface area contributed by atoms with Crippen molar-refractivity contribution >= 4 is 5.78 Å². The summed E-state index contributed by atoms with van der Waals surface area (Å²) < 4.78 is 1.66. The van der Waals surface area contributed by atoms with Crippen molar-refractivity contribution in [1.82, 2.24) is 9.78 Å². The summed E-state index contributed by atoms with van der Waals surface area (Å²) in [6.45, 7) is 3.43. The molecule has 0 bridgehead atoms. The van der Waals surface area contributed by atoms with E-state index >= 15 is 0 Å². The lowest BCUT2D eigenvalue weighted by Crippen LogP contribution is -1.94. The summed E-state index contributed by atoms with van der Waals surface area (Å²) in [6, 6.07) is 9.63. The topological polar surface area (TPSA) is 34.9 Å². The fraction of sp³-hybridized carbons (Fsp3) is 0. The van der Waals surface area contributed by atoms with Crippen LogP contribution >= 0.6 is 0 Å². The van der Waals surface area contributed by atoms with Crippen molar-refractivity contribution in [3.05, 3.63) is 60.9 Å². The van der Waals surface area contributed by atoms with Gasteiger partial charge in [-0.1, -0.05) is 24.8 Å². The van der Waals surface area contributed by atoms with Gasteiger partial charge in [-0.2, -0.15) is 5.10 Å². The van der Waals surface area contributed by atoms with E-state index in [0.29, 0.717) is 5.56 Å². The molecule has 0 aliphatic carbocycles. The Morgan fingerprint density at radius 3 is 2.73 bits per heavy atom. The van der Waals surface area contributed by atoms with Gasteiger partial charge in [-0.25, -0.2) is 4.68 Å². The van der Waals surface area contributed by atoms with Gasteiger partial charge >= 0.3 is 0 Å². The van der Waals surface area contributed by atoms with E-state index in [4.69, 9.17) is 0 Å². The Bertz CT molecular complexity index is 485. The molecule has 1 aromatic heterocycles. The number of ketones is 1. The molecule has 2 rings (SSSR count). The van der Waals surface area contributed by atoms with Crippen LogP contribution in [0.1, 0.15) is 10.4 Å². The predicted molar refractivity (Wildman–Crippen MR) is 58.1 cm³/mol. The van der Waals surface area contributed by atoms with Crippen molar-refractivity contribution in [2.24, 2.45) is 0 Å². The lowest BCUT2D eigenvalue weighted by molar-refractivity contribution is 0.104. The highest BCUT2D eigenvalue weighted by Crippen LogP contribution is 2.08. The third-order valence-corrected chi connectivity index (χ3v) is 2.07.